The van der Waals surface area contributed by atoms with Crippen LogP contribution in [0.1, 0.15) is 67.1 Å². The summed E-state index contributed by atoms with van der Waals surface area (Å²) in [5, 5.41) is 9.45. The fraction of sp³-hybridized carbons (Fsp3) is 0.391. The van der Waals surface area contributed by atoms with Gasteiger partial charge in [-0.25, -0.2) is 14.6 Å². The van der Waals surface area contributed by atoms with E-state index in [1.54, 1.807) is 17.5 Å². The molecule has 7 heteroatoms. The van der Waals surface area contributed by atoms with E-state index in [0.717, 1.165) is 40.1 Å². The first-order valence-corrected chi connectivity index (χ1v) is 11.3. The smallest absolute Gasteiger partial charge is 0.252 e. The van der Waals surface area contributed by atoms with Gasteiger partial charge in [0, 0.05) is 24.7 Å². The van der Waals surface area contributed by atoms with E-state index in [0.29, 0.717) is 12.1 Å². The third-order valence-electron chi connectivity index (χ3n) is 5.10. The highest BCUT2D eigenvalue weighted by Gasteiger charge is 2.18. The van der Waals surface area contributed by atoms with Crippen molar-refractivity contribution in [2.75, 3.05) is 6.54 Å². The van der Waals surface area contributed by atoms with Gasteiger partial charge in [-0.15, -0.1) is 11.3 Å². The van der Waals surface area contributed by atoms with E-state index in [4.69, 9.17) is 4.98 Å². The van der Waals surface area contributed by atoms with Crippen LogP contribution in [0.3, 0.4) is 0 Å². The zero-order valence-electron chi connectivity index (χ0n) is 17.8. The van der Waals surface area contributed by atoms with Crippen molar-refractivity contribution in [2.24, 2.45) is 0 Å². The summed E-state index contributed by atoms with van der Waals surface area (Å²) >= 11 is 1.72. The molecule has 30 heavy (non-hydrogen) atoms. The Hall–Kier alpha value is -2.80. The van der Waals surface area contributed by atoms with Crippen molar-refractivity contribution < 1.29 is 4.79 Å². The van der Waals surface area contributed by atoms with Crippen molar-refractivity contribution in [2.45, 2.75) is 52.5 Å². The molecule has 1 N–H and O–H groups in total. The number of pyridine rings is 1. The number of rotatable bonds is 7. The minimum atomic E-state index is -0.0723. The van der Waals surface area contributed by atoms with Gasteiger partial charge in [0.2, 0.25) is 0 Å². The van der Waals surface area contributed by atoms with Crippen LogP contribution in [0.5, 0.6) is 0 Å². The quantitative estimate of drug-likeness (QED) is 0.421. The molecule has 1 amide bonds. The van der Waals surface area contributed by atoms with Gasteiger partial charge in [0.25, 0.3) is 5.91 Å². The highest BCUT2D eigenvalue weighted by atomic mass is 32.1. The molecule has 6 nitrogen and oxygen atoms in total. The van der Waals surface area contributed by atoms with Gasteiger partial charge in [-0.1, -0.05) is 26.0 Å². The maximum atomic E-state index is 13.0. The first kappa shape index (κ1) is 20.5. The Morgan fingerprint density at radius 2 is 1.97 bits per heavy atom. The van der Waals surface area contributed by atoms with Crippen LogP contribution < -0.4 is 5.32 Å². The Balaban J connectivity index is 1.47. The summed E-state index contributed by atoms with van der Waals surface area (Å²) in [5.41, 5.74) is 3.38. The van der Waals surface area contributed by atoms with Gasteiger partial charge in [0.15, 0.2) is 5.65 Å². The van der Waals surface area contributed by atoms with E-state index in [1.807, 2.05) is 28.9 Å². The Morgan fingerprint density at radius 3 is 2.70 bits per heavy atom. The third-order valence-corrected chi connectivity index (χ3v) is 6.20. The number of fused-ring (bicyclic) bond motifs is 2. The zero-order valence-corrected chi connectivity index (χ0v) is 18.7. The molecule has 0 unspecified atom stereocenters. The van der Waals surface area contributed by atoms with Crippen molar-refractivity contribution in [1.29, 1.82) is 0 Å². The first-order chi connectivity index (χ1) is 14.4. The standard InChI is InChI=1S/C23H27N5OS/c1-14(2)19-12-16(17-13-25-28(15(3)4)22(17)27-19)23(29)24-11-7-10-21-26-18-8-5-6-9-20(18)30-21/h5-6,8-9,12-15H,7,10-11H2,1-4H3,(H,24,29). The predicted octanol–water partition coefficient (Wildman–Crippen LogP) is 5.11. The molecule has 3 aromatic heterocycles. The second kappa shape index (κ2) is 8.52. The van der Waals surface area contributed by atoms with Gasteiger partial charge in [-0.2, -0.15) is 5.10 Å². The number of para-hydroxylation sites is 1. The summed E-state index contributed by atoms with van der Waals surface area (Å²) in [4.78, 5) is 22.4. The number of nitrogens with zero attached hydrogens (tertiary/aromatic N) is 4. The molecule has 3 heterocycles. The largest absolute Gasteiger partial charge is 0.352 e. The number of thiazole rings is 1. The summed E-state index contributed by atoms with van der Waals surface area (Å²) in [6, 6.07) is 10.3. The molecule has 0 spiro atoms. The molecule has 0 aliphatic rings. The van der Waals surface area contributed by atoms with Crippen LogP contribution in [-0.2, 0) is 6.42 Å². The fourth-order valence-electron chi connectivity index (χ4n) is 3.46. The molecule has 0 atom stereocenters. The van der Waals surface area contributed by atoms with Gasteiger partial charge in [0.05, 0.1) is 32.4 Å². The highest BCUT2D eigenvalue weighted by molar-refractivity contribution is 7.18. The van der Waals surface area contributed by atoms with Crippen LogP contribution in [0.15, 0.2) is 36.5 Å². The Morgan fingerprint density at radius 1 is 1.17 bits per heavy atom. The van der Waals surface area contributed by atoms with E-state index in [1.165, 1.54) is 4.70 Å². The third kappa shape index (κ3) is 4.07. The lowest BCUT2D eigenvalue weighted by atomic mass is 10.0. The molecule has 0 bridgehead atoms. The predicted molar refractivity (Wildman–Crippen MR) is 122 cm³/mol. The maximum Gasteiger partial charge on any atom is 0.252 e. The molecule has 0 aliphatic heterocycles. The number of nitrogens with one attached hydrogen (secondary N) is 1. The summed E-state index contributed by atoms with van der Waals surface area (Å²) < 4.78 is 3.09. The minimum absolute atomic E-state index is 0.0723. The van der Waals surface area contributed by atoms with Crippen LogP contribution in [0.2, 0.25) is 0 Å². The van der Waals surface area contributed by atoms with Crippen molar-refractivity contribution in [3.05, 3.63) is 52.8 Å². The number of hydrogen-bond acceptors (Lipinski definition) is 5. The maximum absolute atomic E-state index is 13.0. The Labute approximate surface area is 180 Å². The molecule has 4 aromatic rings. The number of carbonyl (C=O) groups is 1. The van der Waals surface area contributed by atoms with Crippen molar-refractivity contribution >= 4 is 38.5 Å². The number of carbonyl (C=O) groups excluding carboxylic acids is 1. The summed E-state index contributed by atoms with van der Waals surface area (Å²) in [6.07, 6.45) is 3.46. The van der Waals surface area contributed by atoms with Crippen molar-refractivity contribution in [3.63, 3.8) is 0 Å². The van der Waals surface area contributed by atoms with Gasteiger partial charge < -0.3 is 5.32 Å². The van der Waals surface area contributed by atoms with Crippen LogP contribution in [0.4, 0.5) is 0 Å². The highest BCUT2D eigenvalue weighted by Crippen LogP contribution is 2.25. The fourth-order valence-corrected chi connectivity index (χ4v) is 4.47. The SMILES string of the molecule is CC(C)c1cc(C(=O)NCCCc2nc3ccccc3s2)c2cnn(C(C)C)c2n1. The number of aromatic nitrogens is 4. The van der Waals surface area contributed by atoms with Gasteiger partial charge in [-0.3, -0.25) is 4.79 Å². The van der Waals surface area contributed by atoms with Gasteiger partial charge >= 0.3 is 0 Å². The summed E-state index contributed by atoms with van der Waals surface area (Å²) in [7, 11) is 0. The number of hydrogen-bond donors (Lipinski definition) is 1. The monoisotopic (exact) mass is 421 g/mol. The van der Waals surface area contributed by atoms with Crippen molar-refractivity contribution in [1.82, 2.24) is 25.1 Å². The average molecular weight is 422 g/mol. The van der Waals surface area contributed by atoms with Gasteiger partial charge in [-0.05, 0) is 44.4 Å². The second-order valence-corrected chi connectivity index (χ2v) is 9.22. The minimum Gasteiger partial charge on any atom is -0.352 e. The lowest BCUT2D eigenvalue weighted by Gasteiger charge is -2.12. The van der Waals surface area contributed by atoms with E-state index < -0.39 is 0 Å². The molecule has 0 fully saturated rings. The Bertz CT molecular complexity index is 1160. The topological polar surface area (TPSA) is 72.7 Å². The molecule has 1 aromatic carbocycles. The van der Waals surface area contributed by atoms with E-state index in [2.05, 4.69) is 49.2 Å². The molecule has 0 saturated heterocycles. The molecular weight excluding hydrogens is 394 g/mol. The molecular formula is C23H27N5OS. The Kier molecular flexibility index (Phi) is 5.81. The summed E-state index contributed by atoms with van der Waals surface area (Å²) in [5.74, 6) is 0.160. The second-order valence-electron chi connectivity index (χ2n) is 8.10. The van der Waals surface area contributed by atoms with Crippen LogP contribution in [0, 0.1) is 0 Å². The van der Waals surface area contributed by atoms with E-state index in [9.17, 15) is 4.79 Å². The molecule has 4 rings (SSSR count). The number of amides is 1. The van der Waals surface area contributed by atoms with Crippen LogP contribution in [0.25, 0.3) is 21.3 Å². The average Bonchev–Trinajstić information content (AvgIpc) is 3.33. The first-order valence-electron chi connectivity index (χ1n) is 10.4. The molecule has 156 valence electrons. The zero-order chi connectivity index (χ0) is 21.3. The number of aryl methyl sites for hydroxylation is 1. The van der Waals surface area contributed by atoms with E-state index in [-0.39, 0.29) is 17.9 Å². The number of benzene rings is 1. The molecule has 0 saturated carbocycles. The lowest BCUT2D eigenvalue weighted by molar-refractivity contribution is 0.0954. The van der Waals surface area contributed by atoms with E-state index >= 15 is 0 Å². The van der Waals surface area contributed by atoms with Crippen molar-refractivity contribution in [3.8, 4) is 0 Å². The molecule has 0 aliphatic carbocycles. The van der Waals surface area contributed by atoms with Crippen LogP contribution >= 0.6 is 11.3 Å². The normalized spacial score (nSPS) is 11.8. The van der Waals surface area contributed by atoms with Gasteiger partial charge in [0.1, 0.15) is 0 Å². The molecule has 0 radical (unpaired) electrons. The van der Waals surface area contributed by atoms with Crippen LogP contribution in [-0.4, -0.2) is 32.2 Å². The lowest BCUT2D eigenvalue weighted by Crippen LogP contribution is -2.25. The summed E-state index contributed by atoms with van der Waals surface area (Å²) in [6.45, 7) is 8.91.